The normalized spacial score (nSPS) is 37.8. The summed E-state index contributed by atoms with van der Waals surface area (Å²) in [5.41, 5.74) is 0. The number of aliphatic hydroxyl groups is 2. The molecule has 0 aromatic rings. The van der Waals surface area contributed by atoms with E-state index in [4.69, 9.17) is 0 Å². The molecule has 2 aliphatic carbocycles. The van der Waals surface area contributed by atoms with E-state index >= 15 is 0 Å². The molecule has 2 saturated carbocycles. The smallest absolute Gasteiger partial charge is 0.0669 e. The Morgan fingerprint density at radius 2 is 1.75 bits per heavy atom. The fourth-order valence-electron chi connectivity index (χ4n) is 4.96. The Morgan fingerprint density at radius 1 is 0.950 bits per heavy atom. The van der Waals surface area contributed by atoms with Crippen molar-refractivity contribution in [2.24, 2.45) is 11.8 Å². The minimum Gasteiger partial charge on any atom is -0.393 e. The van der Waals surface area contributed by atoms with E-state index in [0.29, 0.717) is 12.0 Å². The van der Waals surface area contributed by atoms with Crippen LogP contribution in [0.1, 0.15) is 64.2 Å². The number of likely N-dealkylation sites (tertiary alicyclic amines) is 1. The minimum absolute atomic E-state index is 0.0902. The highest BCUT2D eigenvalue weighted by Crippen LogP contribution is 2.36. The Balaban J connectivity index is 1.50. The van der Waals surface area contributed by atoms with Crippen molar-refractivity contribution in [2.75, 3.05) is 13.1 Å². The van der Waals surface area contributed by atoms with Gasteiger partial charge in [0, 0.05) is 18.5 Å². The largest absolute Gasteiger partial charge is 0.393 e. The Morgan fingerprint density at radius 3 is 2.45 bits per heavy atom. The van der Waals surface area contributed by atoms with Gasteiger partial charge in [-0.15, -0.1) is 0 Å². The van der Waals surface area contributed by atoms with Gasteiger partial charge in [0.2, 0.25) is 0 Å². The second-order valence-electron chi connectivity index (χ2n) is 7.41. The molecule has 0 aromatic carbocycles. The molecule has 1 aliphatic heterocycles. The highest BCUT2D eigenvalue weighted by molar-refractivity contribution is 4.92. The molecule has 116 valence electrons. The summed E-state index contributed by atoms with van der Waals surface area (Å²) in [6.07, 6.45) is 11.9. The molecule has 4 atom stereocenters. The lowest BCUT2D eigenvalue weighted by atomic mass is 9.93. The second-order valence-corrected chi connectivity index (χ2v) is 7.41. The summed E-state index contributed by atoms with van der Waals surface area (Å²) in [4.78, 5) is 2.48. The van der Waals surface area contributed by atoms with Crippen LogP contribution in [0.5, 0.6) is 0 Å². The highest BCUT2D eigenvalue weighted by Gasteiger charge is 2.38. The van der Waals surface area contributed by atoms with E-state index in [1.165, 1.54) is 51.4 Å². The second kappa shape index (κ2) is 6.76. The van der Waals surface area contributed by atoms with Crippen LogP contribution >= 0.6 is 0 Å². The summed E-state index contributed by atoms with van der Waals surface area (Å²) in [5.74, 6) is 1.24. The number of hydrogen-bond acceptors (Lipinski definition) is 3. The molecule has 0 spiro atoms. The predicted octanol–water partition coefficient (Wildman–Crippen LogP) is 2.55. The van der Waals surface area contributed by atoms with Gasteiger partial charge >= 0.3 is 0 Å². The average molecular weight is 281 g/mol. The van der Waals surface area contributed by atoms with Crippen LogP contribution in [0, 0.1) is 11.8 Å². The molecule has 3 nitrogen and oxygen atoms in total. The molecule has 0 radical (unpaired) electrons. The monoisotopic (exact) mass is 281 g/mol. The Labute approximate surface area is 123 Å². The van der Waals surface area contributed by atoms with Crippen molar-refractivity contribution in [3.63, 3.8) is 0 Å². The molecule has 4 unspecified atom stereocenters. The maximum Gasteiger partial charge on any atom is 0.0669 e. The molecule has 20 heavy (non-hydrogen) atoms. The van der Waals surface area contributed by atoms with Crippen LogP contribution in [0.2, 0.25) is 0 Å². The average Bonchev–Trinajstić information content (AvgIpc) is 3.11. The number of aliphatic hydroxyl groups excluding tert-OH is 2. The van der Waals surface area contributed by atoms with Gasteiger partial charge in [0.15, 0.2) is 0 Å². The topological polar surface area (TPSA) is 43.7 Å². The fraction of sp³-hybridized carbons (Fsp3) is 1.00. The third-order valence-electron chi connectivity index (χ3n) is 5.97. The molecule has 3 fully saturated rings. The maximum atomic E-state index is 10.4. The van der Waals surface area contributed by atoms with Crippen molar-refractivity contribution < 1.29 is 10.2 Å². The van der Waals surface area contributed by atoms with Crippen LogP contribution in [-0.2, 0) is 0 Å². The minimum atomic E-state index is -0.155. The predicted molar refractivity (Wildman–Crippen MR) is 80.5 cm³/mol. The van der Waals surface area contributed by atoms with E-state index in [1.54, 1.807) is 0 Å². The number of hydrogen-bond donors (Lipinski definition) is 2. The van der Waals surface area contributed by atoms with Gasteiger partial charge in [0.25, 0.3) is 0 Å². The molecule has 0 aromatic heterocycles. The molecule has 3 aliphatic rings. The van der Waals surface area contributed by atoms with Crippen molar-refractivity contribution in [1.29, 1.82) is 0 Å². The van der Waals surface area contributed by atoms with Crippen LogP contribution in [0.4, 0.5) is 0 Å². The van der Waals surface area contributed by atoms with E-state index in [2.05, 4.69) is 4.90 Å². The van der Waals surface area contributed by atoms with Crippen molar-refractivity contribution in [1.82, 2.24) is 4.90 Å². The van der Waals surface area contributed by atoms with Gasteiger partial charge in [-0.2, -0.15) is 0 Å². The van der Waals surface area contributed by atoms with Gasteiger partial charge in [0.05, 0.1) is 12.2 Å². The molecule has 1 heterocycles. The SMILES string of the molecule is OC(CC1CCCC1)CN1CCCC1C1CCCC1O. The quantitative estimate of drug-likeness (QED) is 0.814. The van der Waals surface area contributed by atoms with E-state index in [9.17, 15) is 10.2 Å². The first kappa shape index (κ1) is 14.8. The van der Waals surface area contributed by atoms with Crippen molar-refractivity contribution in [3.8, 4) is 0 Å². The summed E-state index contributed by atoms with van der Waals surface area (Å²) in [6, 6.07) is 0.533. The summed E-state index contributed by atoms with van der Waals surface area (Å²) >= 11 is 0. The molecule has 3 rings (SSSR count). The van der Waals surface area contributed by atoms with Crippen molar-refractivity contribution >= 4 is 0 Å². The highest BCUT2D eigenvalue weighted by atomic mass is 16.3. The first-order valence-corrected chi connectivity index (χ1v) is 8.84. The third kappa shape index (κ3) is 3.37. The lowest BCUT2D eigenvalue weighted by Crippen LogP contribution is -2.42. The zero-order valence-corrected chi connectivity index (χ0v) is 12.7. The lowest BCUT2D eigenvalue weighted by Gasteiger charge is -2.33. The molecule has 3 heteroatoms. The first-order valence-electron chi connectivity index (χ1n) is 8.84. The van der Waals surface area contributed by atoms with Crippen molar-refractivity contribution in [2.45, 2.75) is 82.5 Å². The van der Waals surface area contributed by atoms with E-state index < -0.39 is 0 Å². The zero-order valence-electron chi connectivity index (χ0n) is 12.7. The standard InChI is InChI=1S/C17H31NO2/c19-14(11-13-5-1-2-6-13)12-18-10-4-8-16(18)15-7-3-9-17(15)20/h13-17,19-20H,1-12H2. The van der Waals surface area contributed by atoms with E-state index in [-0.39, 0.29) is 12.2 Å². The molecule has 0 bridgehead atoms. The summed E-state index contributed by atoms with van der Waals surface area (Å²) < 4.78 is 0. The summed E-state index contributed by atoms with van der Waals surface area (Å²) in [6.45, 7) is 1.96. The zero-order chi connectivity index (χ0) is 13.9. The third-order valence-corrected chi connectivity index (χ3v) is 5.97. The van der Waals surface area contributed by atoms with E-state index in [0.717, 1.165) is 31.8 Å². The summed E-state index contributed by atoms with van der Waals surface area (Å²) in [7, 11) is 0. The first-order chi connectivity index (χ1) is 9.74. The number of nitrogens with zero attached hydrogens (tertiary/aromatic N) is 1. The van der Waals surface area contributed by atoms with Crippen LogP contribution in [0.3, 0.4) is 0 Å². The van der Waals surface area contributed by atoms with E-state index in [1.807, 2.05) is 0 Å². The van der Waals surface area contributed by atoms with Crippen LogP contribution in [0.15, 0.2) is 0 Å². The van der Waals surface area contributed by atoms with Gasteiger partial charge in [-0.05, 0) is 44.6 Å². The molecular formula is C17H31NO2. The maximum absolute atomic E-state index is 10.4. The molecule has 0 amide bonds. The number of rotatable bonds is 5. The van der Waals surface area contributed by atoms with Crippen LogP contribution in [0.25, 0.3) is 0 Å². The molecular weight excluding hydrogens is 250 g/mol. The summed E-state index contributed by atoms with van der Waals surface area (Å²) in [5, 5.41) is 20.5. The van der Waals surface area contributed by atoms with Gasteiger partial charge in [-0.1, -0.05) is 32.1 Å². The molecule has 2 N–H and O–H groups in total. The lowest BCUT2D eigenvalue weighted by molar-refractivity contribution is 0.0409. The van der Waals surface area contributed by atoms with Gasteiger partial charge < -0.3 is 10.2 Å². The fourth-order valence-corrected chi connectivity index (χ4v) is 4.96. The van der Waals surface area contributed by atoms with Gasteiger partial charge in [-0.3, -0.25) is 4.90 Å². The van der Waals surface area contributed by atoms with Crippen molar-refractivity contribution in [3.05, 3.63) is 0 Å². The Kier molecular flexibility index (Phi) is 5.00. The van der Waals surface area contributed by atoms with Crippen LogP contribution < -0.4 is 0 Å². The Hall–Kier alpha value is -0.120. The Bertz CT molecular complexity index is 303. The van der Waals surface area contributed by atoms with Gasteiger partial charge in [0.1, 0.15) is 0 Å². The molecule has 1 saturated heterocycles. The number of β-amino-alcohol motifs (C(OH)–C–C–N with tert-alkyl or cyclic N) is 1. The van der Waals surface area contributed by atoms with Gasteiger partial charge in [-0.25, -0.2) is 0 Å². The van der Waals surface area contributed by atoms with Crippen LogP contribution in [-0.4, -0.2) is 46.5 Å².